The molecule has 1 N–H and O–H groups in total. The van der Waals surface area contributed by atoms with E-state index in [1.165, 1.54) is 36.4 Å². The molecule has 0 heterocycles. The van der Waals surface area contributed by atoms with Gasteiger partial charge in [-0.1, -0.05) is 23.7 Å². The summed E-state index contributed by atoms with van der Waals surface area (Å²) >= 11 is 5.71. The first kappa shape index (κ1) is 12.7. The Hall–Kier alpha value is -1.71. The highest BCUT2D eigenvalue weighted by Gasteiger charge is 2.18. The van der Waals surface area contributed by atoms with Crippen molar-refractivity contribution >= 4 is 17.4 Å². The Balaban J connectivity index is 2.23. The smallest absolute Gasteiger partial charge is 0.195 e. The van der Waals surface area contributed by atoms with E-state index in [9.17, 15) is 14.3 Å². The minimum atomic E-state index is -1.30. The van der Waals surface area contributed by atoms with Crippen molar-refractivity contribution in [2.45, 2.75) is 6.10 Å². The van der Waals surface area contributed by atoms with Crippen molar-refractivity contribution in [2.24, 2.45) is 0 Å². The lowest BCUT2D eigenvalue weighted by Gasteiger charge is -2.10. The number of hydrogen-bond acceptors (Lipinski definition) is 2. The lowest BCUT2D eigenvalue weighted by atomic mass is 10.0. The maximum atomic E-state index is 12.7. The standard InChI is InChI=1S/C14H10ClFO2/c15-11-5-1-9(2-6-11)13(17)14(18)10-3-7-12(16)8-4-10/h1-8,14,18H. The number of halogens is 2. The molecule has 0 spiro atoms. The summed E-state index contributed by atoms with van der Waals surface area (Å²) in [6.07, 6.45) is -1.30. The summed E-state index contributed by atoms with van der Waals surface area (Å²) in [4.78, 5) is 12.0. The van der Waals surface area contributed by atoms with E-state index in [-0.39, 0.29) is 0 Å². The normalized spacial score (nSPS) is 12.2. The molecule has 0 bridgehead atoms. The molecule has 2 aromatic rings. The molecular formula is C14H10ClFO2. The minimum absolute atomic E-state index is 0.358. The number of Topliss-reactive ketones (excluding diaryl/α,β-unsaturated/α-hetero) is 1. The highest BCUT2D eigenvalue weighted by molar-refractivity contribution is 6.30. The van der Waals surface area contributed by atoms with Crippen LogP contribution in [0.5, 0.6) is 0 Å². The summed E-state index contributed by atoms with van der Waals surface area (Å²) in [6.45, 7) is 0. The first-order valence-corrected chi connectivity index (χ1v) is 5.69. The molecule has 0 aliphatic carbocycles. The summed E-state index contributed by atoms with van der Waals surface area (Å²) in [5.41, 5.74) is 0.715. The fourth-order valence-electron chi connectivity index (χ4n) is 1.57. The van der Waals surface area contributed by atoms with Gasteiger partial charge in [0.05, 0.1) is 0 Å². The van der Waals surface area contributed by atoms with Gasteiger partial charge in [-0.2, -0.15) is 0 Å². The van der Waals surface area contributed by atoms with Crippen LogP contribution < -0.4 is 0 Å². The topological polar surface area (TPSA) is 37.3 Å². The van der Waals surface area contributed by atoms with Crippen LogP contribution in [-0.4, -0.2) is 10.9 Å². The third-order valence-corrected chi connectivity index (χ3v) is 2.81. The Morgan fingerprint density at radius 2 is 1.61 bits per heavy atom. The average Bonchev–Trinajstić information content (AvgIpc) is 2.39. The van der Waals surface area contributed by atoms with Gasteiger partial charge in [0.25, 0.3) is 0 Å². The molecule has 18 heavy (non-hydrogen) atoms. The summed E-state index contributed by atoms with van der Waals surface area (Å²) < 4.78 is 12.7. The number of benzene rings is 2. The zero-order chi connectivity index (χ0) is 13.1. The van der Waals surface area contributed by atoms with Crippen molar-refractivity contribution in [3.8, 4) is 0 Å². The van der Waals surface area contributed by atoms with Crippen LogP contribution in [0.3, 0.4) is 0 Å². The van der Waals surface area contributed by atoms with Gasteiger partial charge in [-0.05, 0) is 42.0 Å². The predicted octanol–water partition coefficient (Wildman–Crippen LogP) is 3.40. The van der Waals surface area contributed by atoms with Gasteiger partial charge >= 0.3 is 0 Å². The largest absolute Gasteiger partial charge is 0.380 e. The van der Waals surface area contributed by atoms with Gasteiger partial charge in [0.2, 0.25) is 0 Å². The maximum Gasteiger partial charge on any atom is 0.195 e. The van der Waals surface area contributed by atoms with Gasteiger partial charge in [-0.15, -0.1) is 0 Å². The monoisotopic (exact) mass is 264 g/mol. The van der Waals surface area contributed by atoms with Crippen LogP contribution in [-0.2, 0) is 0 Å². The molecule has 2 rings (SSSR count). The van der Waals surface area contributed by atoms with Crippen molar-refractivity contribution in [3.63, 3.8) is 0 Å². The van der Waals surface area contributed by atoms with Crippen molar-refractivity contribution < 1.29 is 14.3 Å². The minimum Gasteiger partial charge on any atom is -0.380 e. The molecule has 2 aromatic carbocycles. The highest BCUT2D eigenvalue weighted by atomic mass is 35.5. The Labute approximate surface area is 109 Å². The van der Waals surface area contributed by atoms with Crippen molar-refractivity contribution in [2.75, 3.05) is 0 Å². The highest BCUT2D eigenvalue weighted by Crippen LogP contribution is 2.20. The molecule has 2 nitrogen and oxygen atoms in total. The number of rotatable bonds is 3. The van der Waals surface area contributed by atoms with Crippen molar-refractivity contribution in [3.05, 3.63) is 70.5 Å². The second kappa shape index (κ2) is 5.29. The van der Waals surface area contributed by atoms with Gasteiger partial charge in [-0.3, -0.25) is 4.79 Å². The summed E-state index contributed by atoms with van der Waals surface area (Å²) in [6, 6.07) is 11.4. The number of hydrogen-bond donors (Lipinski definition) is 1. The zero-order valence-electron chi connectivity index (χ0n) is 9.31. The SMILES string of the molecule is O=C(c1ccc(Cl)cc1)C(O)c1ccc(F)cc1. The van der Waals surface area contributed by atoms with Crippen LogP contribution in [0.15, 0.2) is 48.5 Å². The van der Waals surface area contributed by atoms with Gasteiger partial charge in [-0.25, -0.2) is 4.39 Å². The van der Waals surface area contributed by atoms with Crippen LogP contribution in [0.1, 0.15) is 22.0 Å². The fraction of sp³-hybridized carbons (Fsp3) is 0.0714. The van der Waals surface area contributed by atoms with E-state index in [4.69, 9.17) is 11.6 Å². The number of aliphatic hydroxyl groups excluding tert-OH is 1. The molecule has 4 heteroatoms. The van der Waals surface area contributed by atoms with Gasteiger partial charge in [0.1, 0.15) is 11.9 Å². The third kappa shape index (κ3) is 2.75. The van der Waals surface area contributed by atoms with E-state index >= 15 is 0 Å². The van der Waals surface area contributed by atoms with E-state index in [0.29, 0.717) is 16.1 Å². The average molecular weight is 265 g/mol. The van der Waals surface area contributed by atoms with Gasteiger partial charge < -0.3 is 5.11 Å². The van der Waals surface area contributed by atoms with E-state index in [1.54, 1.807) is 12.1 Å². The Bertz CT molecular complexity index is 549. The first-order chi connectivity index (χ1) is 8.58. The van der Waals surface area contributed by atoms with E-state index in [1.807, 2.05) is 0 Å². The molecule has 1 unspecified atom stereocenters. The Morgan fingerprint density at radius 3 is 2.17 bits per heavy atom. The molecule has 0 aliphatic heterocycles. The van der Waals surface area contributed by atoms with E-state index in [0.717, 1.165) is 0 Å². The lowest BCUT2D eigenvalue weighted by Crippen LogP contribution is -2.12. The second-order valence-electron chi connectivity index (χ2n) is 3.83. The molecular weight excluding hydrogens is 255 g/mol. The lowest BCUT2D eigenvalue weighted by molar-refractivity contribution is 0.0747. The fourth-order valence-corrected chi connectivity index (χ4v) is 1.69. The molecule has 0 aliphatic rings. The molecule has 0 fully saturated rings. The summed E-state index contributed by atoms with van der Waals surface area (Å²) in [5, 5.41) is 10.4. The third-order valence-electron chi connectivity index (χ3n) is 2.56. The molecule has 0 radical (unpaired) electrons. The van der Waals surface area contributed by atoms with Gasteiger partial charge in [0.15, 0.2) is 5.78 Å². The predicted molar refractivity (Wildman–Crippen MR) is 67.1 cm³/mol. The quantitative estimate of drug-likeness (QED) is 0.863. The van der Waals surface area contributed by atoms with Crippen LogP contribution in [0, 0.1) is 5.82 Å². The van der Waals surface area contributed by atoms with Crippen molar-refractivity contribution in [1.82, 2.24) is 0 Å². The van der Waals surface area contributed by atoms with Gasteiger partial charge in [0, 0.05) is 10.6 Å². The molecule has 0 aromatic heterocycles. The van der Waals surface area contributed by atoms with Crippen LogP contribution >= 0.6 is 11.6 Å². The molecule has 92 valence electrons. The van der Waals surface area contributed by atoms with E-state index in [2.05, 4.69) is 0 Å². The van der Waals surface area contributed by atoms with E-state index < -0.39 is 17.7 Å². The molecule has 0 saturated carbocycles. The molecule has 0 amide bonds. The molecule has 0 saturated heterocycles. The Morgan fingerprint density at radius 1 is 1.06 bits per heavy atom. The first-order valence-electron chi connectivity index (χ1n) is 5.31. The van der Waals surface area contributed by atoms with Crippen molar-refractivity contribution in [1.29, 1.82) is 0 Å². The second-order valence-corrected chi connectivity index (χ2v) is 4.26. The maximum absolute atomic E-state index is 12.7. The van der Waals surface area contributed by atoms with Crippen LogP contribution in [0.4, 0.5) is 4.39 Å². The number of ketones is 1. The Kier molecular flexibility index (Phi) is 3.75. The van der Waals surface area contributed by atoms with Crippen LogP contribution in [0.2, 0.25) is 5.02 Å². The molecule has 1 atom stereocenters. The number of aliphatic hydroxyl groups is 1. The summed E-state index contributed by atoms with van der Waals surface area (Å²) in [5.74, 6) is -0.858. The zero-order valence-corrected chi connectivity index (χ0v) is 10.1. The summed E-state index contributed by atoms with van der Waals surface area (Å²) in [7, 11) is 0. The van der Waals surface area contributed by atoms with Crippen LogP contribution in [0.25, 0.3) is 0 Å². The number of carbonyl (C=O) groups excluding carboxylic acids is 1. The number of carbonyl (C=O) groups is 1.